The number of nitrogens with one attached hydrogen (secondary N) is 4. The van der Waals surface area contributed by atoms with E-state index in [4.69, 9.17) is 0 Å². The van der Waals surface area contributed by atoms with Gasteiger partial charge in [-0.25, -0.2) is 9.59 Å². The highest BCUT2D eigenvalue weighted by Crippen LogP contribution is 2.19. The van der Waals surface area contributed by atoms with E-state index >= 15 is 0 Å². The van der Waals surface area contributed by atoms with Gasteiger partial charge in [0.15, 0.2) is 0 Å². The van der Waals surface area contributed by atoms with Gasteiger partial charge in [-0.15, -0.1) is 6.58 Å². The molecule has 1 aromatic carbocycles. The third-order valence-electron chi connectivity index (χ3n) is 4.39. The Morgan fingerprint density at radius 1 is 1.11 bits per heavy atom. The van der Waals surface area contributed by atoms with E-state index in [9.17, 15) is 14.4 Å². The topological polar surface area (TPSA) is 103 Å². The zero-order valence-electron chi connectivity index (χ0n) is 16.5. The predicted molar refractivity (Wildman–Crippen MR) is 110 cm³/mol. The van der Waals surface area contributed by atoms with Gasteiger partial charge in [0, 0.05) is 43.0 Å². The van der Waals surface area contributed by atoms with Crippen LogP contribution in [0.25, 0.3) is 0 Å². The van der Waals surface area contributed by atoms with Crippen molar-refractivity contribution in [3.8, 4) is 0 Å². The molecular formula is C20H29N5O3. The summed E-state index contributed by atoms with van der Waals surface area (Å²) in [4.78, 5) is 37.8. The maximum Gasteiger partial charge on any atom is 0.321 e. The van der Waals surface area contributed by atoms with Gasteiger partial charge in [-0.3, -0.25) is 4.79 Å². The van der Waals surface area contributed by atoms with E-state index in [1.165, 1.54) is 0 Å². The first kappa shape index (κ1) is 21.3. The van der Waals surface area contributed by atoms with Crippen molar-refractivity contribution in [2.24, 2.45) is 5.92 Å². The molecule has 0 bridgehead atoms. The Balaban J connectivity index is 1.79. The number of benzene rings is 1. The van der Waals surface area contributed by atoms with Crippen LogP contribution in [0.2, 0.25) is 0 Å². The Kier molecular flexibility index (Phi) is 7.86. The molecule has 4 N–H and O–H groups in total. The van der Waals surface area contributed by atoms with Crippen LogP contribution in [0.5, 0.6) is 0 Å². The van der Waals surface area contributed by atoms with Gasteiger partial charge in [0.05, 0.1) is 0 Å². The molecule has 1 fully saturated rings. The summed E-state index contributed by atoms with van der Waals surface area (Å²) in [7, 11) is 0. The van der Waals surface area contributed by atoms with Crippen molar-refractivity contribution in [2.45, 2.75) is 32.7 Å². The fourth-order valence-electron chi connectivity index (χ4n) is 2.93. The zero-order valence-corrected chi connectivity index (χ0v) is 16.5. The van der Waals surface area contributed by atoms with Crippen LogP contribution in [0, 0.1) is 5.92 Å². The monoisotopic (exact) mass is 387 g/mol. The highest BCUT2D eigenvalue weighted by Gasteiger charge is 2.27. The van der Waals surface area contributed by atoms with Crippen molar-refractivity contribution in [3.05, 3.63) is 36.9 Å². The smallest absolute Gasteiger partial charge is 0.321 e. The van der Waals surface area contributed by atoms with Crippen molar-refractivity contribution in [3.63, 3.8) is 0 Å². The quantitative estimate of drug-likeness (QED) is 0.564. The maximum absolute atomic E-state index is 12.4. The summed E-state index contributed by atoms with van der Waals surface area (Å²) in [6.07, 6.45) is 2.94. The molecular weight excluding hydrogens is 358 g/mol. The van der Waals surface area contributed by atoms with Gasteiger partial charge in [0.2, 0.25) is 5.91 Å². The largest absolute Gasteiger partial charge is 0.352 e. The van der Waals surface area contributed by atoms with E-state index in [-0.39, 0.29) is 29.9 Å². The van der Waals surface area contributed by atoms with Crippen LogP contribution in [-0.4, -0.2) is 48.5 Å². The number of nitrogens with zero attached hydrogens (tertiary/aromatic N) is 1. The lowest BCUT2D eigenvalue weighted by molar-refractivity contribution is -0.126. The molecule has 1 aliphatic heterocycles. The molecule has 1 aliphatic rings. The summed E-state index contributed by atoms with van der Waals surface area (Å²) in [5.74, 6) is -0.0455. The number of carbonyl (C=O) groups is 3. The summed E-state index contributed by atoms with van der Waals surface area (Å²) in [6.45, 7) is 8.88. The van der Waals surface area contributed by atoms with Gasteiger partial charge < -0.3 is 26.2 Å². The Morgan fingerprint density at radius 3 is 2.21 bits per heavy atom. The summed E-state index contributed by atoms with van der Waals surface area (Å²) >= 11 is 0. The van der Waals surface area contributed by atoms with Crippen LogP contribution in [0.4, 0.5) is 21.0 Å². The van der Waals surface area contributed by atoms with Gasteiger partial charge in [-0.2, -0.15) is 0 Å². The molecule has 2 rings (SSSR count). The predicted octanol–water partition coefficient (Wildman–Crippen LogP) is 2.76. The fourth-order valence-corrected chi connectivity index (χ4v) is 2.93. The van der Waals surface area contributed by atoms with Crippen LogP contribution in [0.1, 0.15) is 26.7 Å². The van der Waals surface area contributed by atoms with Gasteiger partial charge in [-0.1, -0.05) is 6.08 Å². The summed E-state index contributed by atoms with van der Waals surface area (Å²) < 4.78 is 0. The first-order valence-corrected chi connectivity index (χ1v) is 9.51. The molecule has 1 heterocycles. The summed E-state index contributed by atoms with van der Waals surface area (Å²) in [5, 5.41) is 11.1. The Labute approximate surface area is 165 Å². The summed E-state index contributed by atoms with van der Waals surface area (Å²) in [6, 6.07) is 6.51. The third kappa shape index (κ3) is 6.61. The zero-order chi connectivity index (χ0) is 20.5. The molecule has 0 unspecified atom stereocenters. The van der Waals surface area contributed by atoms with Crippen molar-refractivity contribution >= 4 is 29.3 Å². The van der Waals surface area contributed by atoms with Crippen molar-refractivity contribution in [2.75, 3.05) is 30.3 Å². The molecule has 0 saturated carbocycles. The lowest BCUT2D eigenvalue weighted by Gasteiger charge is -2.31. The lowest BCUT2D eigenvalue weighted by Crippen LogP contribution is -2.44. The number of hydrogen-bond donors (Lipinski definition) is 4. The Bertz CT molecular complexity index is 694. The number of likely N-dealkylation sites (tertiary alicyclic amines) is 1. The molecule has 0 atom stereocenters. The number of hydrogen-bond acceptors (Lipinski definition) is 3. The van der Waals surface area contributed by atoms with E-state index < -0.39 is 0 Å². The SMILES string of the molecule is C=CCNC(=O)C1CCN(C(=O)Nc2ccc(NC(=O)NC(C)C)cc2)CC1. The molecule has 8 nitrogen and oxygen atoms in total. The van der Waals surface area contributed by atoms with E-state index in [0.717, 1.165) is 0 Å². The molecule has 1 aromatic rings. The average molecular weight is 387 g/mol. The molecule has 0 aromatic heterocycles. The molecule has 0 radical (unpaired) electrons. The molecule has 8 heteroatoms. The second-order valence-electron chi connectivity index (χ2n) is 7.06. The van der Waals surface area contributed by atoms with Gasteiger partial charge in [0.25, 0.3) is 0 Å². The van der Waals surface area contributed by atoms with Crippen molar-refractivity contribution in [1.29, 1.82) is 0 Å². The number of piperidine rings is 1. The second kappa shape index (κ2) is 10.3. The van der Waals surface area contributed by atoms with Gasteiger partial charge >= 0.3 is 12.1 Å². The van der Waals surface area contributed by atoms with E-state index in [1.54, 1.807) is 35.2 Å². The fraction of sp³-hybridized carbons (Fsp3) is 0.450. The van der Waals surface area contributed by atoms with Crippen LogP contribution < -0.4 is 21.3 Å². The van der Waals surface area contributed by atoms with Crippen LogP contribution in [-0.2, 0) is 4.79 Å². The van der Waals surface area contributed by atoms with E-state index in [2.05, 4.69) is 27.8 Å². The standard InChI is InChI=1S/C20H29N5O3/c1-4-11-21-18(26)15-9-12-25(13-10-15)20(28)24-17-7-5-16(6-8-17)23-19(27)22-14(2)3/h4-8,14-15H,1,9-13H2,2-3H3,(H,21,26)(H,24,28)(H2,22,23,27). The molecule has 5 amide bonds. The third-order valence-corrected chi connectivity index (χ3v) is 4.39. The minimum atomic E-state index is -0.271. The number of rotatable bonds is 6. The lowest BCUT2D eigenvalue weighted by atomic mass is 9.96. The number of carbonyl (C=O) groups excluding carboxylic acids is 3. The molecule has 0 spiro atoms. The average Bonchev–Trinajstić information content (AvgIpc) is 2.67. The molecule has 28 heavy (non-hydrogen) atoms. The minimum absolute atomic E-state index is 0.0181. The van der Waals surface area contributed by atoms with Crippen LogP contribution in [0.3, 0.4) is 0 Å². The molecule has 0 aliphatic carbocycles. The minimum Gasteiger partial charge on any atom is -0.352 e. The Hall–Kier alpha value is -3.03. The van der Waals surface area contributed by atoms with Crippen LogP contribution in [0.15, 0.2) is 36.9 Å². The molecule has 152 valence electrons. The maximum atomic E-state index is 12.4. The van der Waals surface area contributed by atoms with Gasteiger partial charge in [-0.05, 0) is 51.0 Å². The summed E-state index contributed by atoms with van der Waals surface area (Å²) in [5.41, 5.74) is 1.29. The van der Waals surface area contributed by atoms with Crippen LogP contribution >= 0.6 is 0 Å². The van der Waals surface area contributed by atoms with E-state index in [0.29, 0.717) is 43.9 Å². The number of anilines is 2. The Morgan fingerprint density at radius 2 is 1.68 bits per heavy atom. The number of amides is 5. The first-order chi connectivity index (χ1) is 13.4. The van der Waals surface area contributed by atoms with Gasteiger partial charge in [0.1, 0.15) is 0 Å². The first-order valence-electron chi connectivity index (χ1n) is 9.51. The highest BCUT2D eigenvalue weighted by molar-refractivity contribution is 5.91. The van der Waals surface area contributed by atoms with Crippen molar-refractivity contribution < 1.29 is 14.4 Å². The second-order valence-corrected chi connectivity index (χ2v) is 7.06. The van der Waals surface area contributed by atoms with E-state index in [1.807, 2.05) is 13.8 Å². The molecule has 1 saturated heterocycles. The normalized spacial score (nSPS) is 14.3. The highest BCUT2D eigenvalue weighted by atomic mass is 16.2. The van der Waals surface area contributed by atoms with Crippen molar-refractivity contribution in [1.82, 2.24) is 15.5 Å². The number of urea groups is 2.